The van der Waals surface area contributed by atoms with Crippen molar-refractivity contribution in [2.24, 2.45) is 0 Å². The Labute approximate surface area is 216 Å². The molecule has 2 atom stereocenters. The summed E-state index contributed by atoms with van der Waals surface area (Å²) in [4.78, 5) is 17.2. The highest BCUT2D eigenvalue weighted by atomic mass is 35.5. The number of halogens is 6. The van der Waals surface area contributed by atoms with Gasteiger partial charge < -0.3 is 10.2 Å². The van der Waals surface area contributed by atoms with Crippen molar-refractivity contribution in [3.8, 4) is 17.1 Å². The molecule has 0 fully saturated rings. The van der Waals surface area contributed by atoms with Crippen molar-refractivity contribution >= 4 is 23.2 Å². The van der Waals surface area contributed by atoms with Crippen LogP contribution in [0, 0.1) is 5.82 Å². The van der Waals surface area contributed by atoms with Gasteiger partial charge in [-0.1, -0.05) is 23.2 Å². The number of hydrogen-bond acceptors (Lipinski definition) is 6. The predicted octanol–water partition coefficient (Wildman–Crippen LogP) is 3.76. The van der Waals surface area contributed by atoms with E-state index in [9.17, 15) is 32.6 Å². The van der Waals surface area contributed by atoms with E-state index < -0.39 is 43.0 Å². The topological polar surface area (TPSA) is 111 Å². The van der Waals surface area contributed by atoms with Gasteiger partial charge in [0.15, 0.2) is 23.6 Å². The number of aliphatic hydroxyl groups is 2. The average Bonchev–Trinajstić information content (AvgIpc) is 3.38. The van der Waals surface area contributed by atoms with E-state index in [0.717, 1.165) is 21.5 Å². The quantitative estimate of drug-likeness (QED) is 0.333. The summed E-state index contributed by atoms with van der Waals surface area (Å²) in [5.74, 6) is -0.880. The van der Waals surface area contributed by atoms with Gasteiger partial charge in [-0.15, -0.1) is 10.2 Å². The molecule has 0 saturated carbocycles. The van der Waals surface area contributed by atoms with Gasteiger partial charge in [0.2, 0.25) is 0 Å². The first kappa shape index (κ1) is 26.8. The van der Waals surface area contributed by atoms with E-state index in [1.165, 1.54) is 37.3 Å². The summed E-state index contributed by atoms with van der Waals surface area (Å²) >= 11 is 12.0. The van der Waals surface area contributed by atoms with Gasteiger partial charge in [-0.05, 0) is 43.3 Å². The molecule has 2 heterocycles. The van der Waals surface area contributed by atoms with Gasteiger partial charge in [-0.25, -0.2) is 23.5 Å². The second kappa shape index (κ2) is 10.2. The van der Waals surface area contributed by atoms with Gasteiger partial charge in [0.25, 0.3) is 0 Å². The highest BCUT2D eigenvalue weighted by Crippen LogP contribution is 2.26. The fourth-order valence-electron chi connectivity index (χ4n) is 3.46. The zero-order valence-corrected chi connectivity index (χ0v) is 20.4. The molecule has 2 aromatic heterocycles. The van der Waals surface area contributed by atoms with Crippen LogP contribution in [0.15, 0.2) is 47.3 Å². The average molecular weight is 561 g/mol. The van der Waals surface area contributed by atoms with Crippen LogP contribution in [0.2, 0.25) is 10.0 Å². The molecule has 0 amide bonds. The van der Waals surface area contributed by atoms with Crippen molar-refractivity contribution in [1.82, 2.24) is 29.1 Å². The van der Waals surface area contributed by atoms with Crippen molar-refractivity contribution in [1.29, 1.82) is 0 Å². The standard InChI is InChI=1S/C22H18Cl2F4N6O3/c1-11(35)19-29-18(30-34(19)16-8-14(25)6-7-15(16)24)10-33-21(37)32(9-17(36)22(26,27)28)20(31-33)12-2-4-13(23)5-3-12/h2-8,11,17,35-36H,9-10H2,1H3/t11?,17-/m0/s1. The molecule has 9 nitrogen and oxygen atoms in total. The van der Waals surface area contributed by atoms with Crippen molar-refractivity contribution in [2.75, 3.05) is 0 Å². The summed E-state index contributed by atoms with van der Waals surface area (Å²) in [5.41, 5.74) is -0.638. The molecule has 0 bridgehead atoms. The smallest absolute Gasteiger partial charge is 0.385 e. The zero-order valence-electron chi connectivity index (χ0n) is 18.9. The maximum Gasteiger partial charge on any atom is 0.416 e. The van der Waals surface area contributed by atoms with Crippen LogP contribution in [0.1, 0.15) is 24.7 Å². The number of aliphatic hydroxyl groups excluding tert-OH is 2. The molecule has 0 aliphatic carbocycles. The van der Waals surface area contributed by atoms with Crippen molar-refractivity contribution < 1.29 is 27.8 Å². The first-order chi connectivity index (χ1) is 17.3. The van der Waals surface area contributed by atoms with Crippen molar-refractivity contribution in [3.63, 3.8) is 0 Å². The maximum absolute atomic E-state index is 13.8. The Morgan fingerprint density at radius 3 is 2.35 bits per heavy atom. The Kier molecular flexibility index (Phi) is 7.42. The Balaban J connectivity index is 1.79. The van der Waals surface area contributed by atoms with Crippen molar-refractivity contribution in [2.45, 2.75) is 38.4 Å². The lowest BCUT2D eigenvalue weighted by molar-refractivity contribution is -0.207. The Hall–Kier alpha value is -3.26. The van der Waals surface area contributed by atoms with Gasteiger partial charge >= 0.3 is 11.9 Å². The van der Waals surface area contributed by atoms with Crippen LogP contribution in [0.4, 0.5) is 17.6 Å². The number of aromatic nitrogens is 6. The van der Waals surface area contributed by atoms with Crippen LogP contribution in [-0.4, -0.2) is 51.6 Å². The Morgan fingerprint density at radius 1 is 1.05 bits per heavy atom. The second-order valence-corrected chi connectivity index (χ2v) is 8.85. The Bertz CT molecular complexity index is 1480. The van der Waals surface area contributed by atoms with Crippen LogP contribution >= 0.6 is 23.2 Å². The highest BCUT2D eigenvalue weighted by Gasteiger charge is 2.39. The minimum absolute atomic E-state index is 0.0274. The first-order valence-electron chi connectivity index (χ1n) is 10.6. The molecule has 196 valence electrons. The predicted molar refractivity (Wildman–Crippen MR) is 125 cm³/mol. The van der Waals surface area contributed by atoms with E-state index in [2.05, 4.69) is 15.2 Å². The fourth-order valence-corrected chi connectivity index (χ4v) is 3.79. The minimum Gasteiger partial charge on any atom is -0.385 e. The van der Waals surface area contributed by atoms with Gasteiger partial charge in [0.1, 0.15) is 18.5 Å². The number of hydrogen-bond donors (Lipinski definition) is 2. The van der Waals surface area contributed by atoms with Gasteiger partial charge in [-0.3, -0.25) is 4.57 Å². The molecule has 15 heteroatoms. The lowest BCUT2D eigenvalue weighted by atomic mass is 10.2. The SMILES string of the molecule is CC(O)c1nc(Cn2nc(-c3ccc(Cl)cc3)n(C[C@H](O)C(F)(F)F)c2=O)nn1-c1cc(F)ccc1Cl. The van der Waals surface area contributed by atoms with Crippen LogP contribution in [-0.2, 0) is 13.1 Å². The summed E-state index contributed by atoms with van der Waals surface area (Å²) in [6.45, 7) is -0.149. The summed E-state index contributed by atoms with van der Waals surface area (Å²) in [6.07, 6.45) is -8.99. The molecule has 4 aromatic rings. The van der Waals surface area contributed by atoms with E-state index in [1.807, 2.05) is 0 Å². The van der Waals surface area contributed by atoms with Crippen molar-refractivity contribution in [3.05, 3.63) is 80.5 Å². The number of nitrogens with zero attached hydrogens (tertiary/aromatic N) is 6. The second-order valence-electron chi connectivity index (χ2n) is 8.01. The van der Waals surface area contributed by atoms with Crippen LogP contribution in [0.3, 0.4) is 0 Å². The summed E-state index contributed by atoms with van der Waals surface area (Å²) in [7, 11) is 0. The van der Waals surface area contributed by atoms with E-state index >= 15 is 0 Å². The van der Waals surface area contributed by atoms with E-state index in [-0.39, 0.29) is 33.7 Å². The minimum atomic E-state index is -4.98. The molecule has 4 rings (SSSR count). The molecular weight excluding hydrogens is 543 g/mol. The normalized spacial score (nSPS) is 13.6. The van der Waals surface area contributed by atoms with Gasteiger partial charge in [-0.2, -0.15) is 13.2 Å². The van der Waals surface area contributed by atoms with E-state index in [1.54, 1.807) is 0 Å². The van der Waals surface area contributed by atoms with Crippen LogP contribution in [0.25, 0.3) is 17.1 Å². The molecule has 2 aromatic carbocycles. The lowest BCUT2D eigenvalue weighted by Crippen LogP contribution is -2.37. The third-order valence-electron chi connectivity index (χ3n) is 5.24. The van der Waals surface area contributed by atoms with Crippen LogP contribution in [0.5, 0.6) is 0 Å². The molecule has 0 radical (unpaired) electrons. The molecule has 0 aliphatic rings. The number of benzene rings is 2. The first-order valence-corrected chi connectivity index (χ1v) is 11.4. The molecule has 37 heavy (non-hydrogen) atoms. The molecule has 0 spiro atoms. The van der Waals surface area contributed by atoms with E-state index in [4.69, 9.17) is 23.2 Å². The maximum atomic E-state index is 13.8. The molecule has 0 aliphatic heterocycles. The van der Waals surface area contributed by atoms with Crippen LogP contribution < -0.4 is 5.69 Å². The van der Waals surface area contributed by atoms with Gasteiger partial charge in [0.05, 0.1) is 17.3 Å². The summed E-state index contributed by atoms with van der Waals surface area (Å²) in [6, 6.07) is 9.33. The molecule has 1 unspecified atom stereocenters. The number of alkyl halides is 3. The Morgan fingerprint density at radius 2 is 1.73 bits per heavy atom. The molecule has 0 saturated heterocycles. The van der Waals surface area contributed by atoms with Gasteiger partial charge in [0, 0.05) is 16.7 Å². The third kappa shape index (κ3) is 5.69. The largest absolute Gasteiger partial charge is 0.416 e. The molecule has 2 N–H and O–H groups in total. The fraction of sp³-hybridized carbons (Fsp3) is 0.273. The molecular formula is C22H18Cl2F4N6O3. The van der Waals surface area contributed by atoms with E-state index in [0.29, 0.717) is 9.59 Å². The lowest BCUT2D eigenvalue weighted by Gasteiger charge is -2.15. The number of rotatable bonds is 7. The summed E-state index contributed by atoms with van der Waals surface area (Å²) in [5, 5.41) is 28.6. The zero-order chi connectivity index (χ0) is 27.1. The summed E-state index contributed by atoms with van der Waals surface area (Å²) < 4.78 is 55.6. The third-order valence-corrected chi connectivity index (χ3v) is 5.81. The monoisotopic (exact) mass is 560 g/mol. The highest BCUT2D eigenvalue weighted by molar-refractivity contribution is 6.32.